The average Bonchev–Trinajstić information content (AvgIpc) is 3.22. The van der Waals surface area contributed by atoms with Crippen molar-refractivity contribution in [2.45, 2.75) is 30.2 Å². The second kappa shape index (κ2) is 5.26. The molecule has 1 fully saturated rings. The number of nitro benzene ring substituents is 1. The van der Waals surface area contributed by atoms with Crippen LogP contribution in [0.1, 0.15) is 19.8 Å². The van der Waals surface area contributed by atoms with Gasteiger partial charge < -0.3 is 0 Å². The van der Waals surface area contributed by atoms with Crippen LogP contribution in [0.15, 0.2) is 23.1 Å². The Morgan fingerprint density at radius 1 is 1.52 bits per heavy atom. The number of benzene rings is 1. The van der Waals surface area contributed by atoms with E-state index in [1.807, 2.05) is 6.07 Å². The van der Waals surface area contributed by atoms with Crippen molar-refractivity contribution >= 4 is 27.3 Å². The number of sulfonamides is 1. The van der Waals surface area contributed by atoms with Crippen molar-refractivity contribution in [2.75, 3.05) is 0 Å². The van der Waals surface area contributed by atoms with Crippen LogP contribution in [0.25, 0.3) is 0 Å². The van der Waals surface area contributed by atoms with Gasteiger partial charge in [-0.25, -0.2) is 8.42 Å². The van der Waals surface area contributed by atoms with Crippen LogP contribution >= 0.6 is 11.6 Å². The summed E-state index contributed by atoms with van der Waals surface area (Å²) in [7, 11) is -4.04. The van der Waals surface area contributed by atoms with E-state index in [0.29, 0.717) is 0 Å². The van der Waals surface area contributed by atoms with Crippen LogP contribution in [0.2, 0.25) is 5.02 Å². The lowest BCUT2D eigenvalue weighted by atomic mass is 10.0. The van der Waals surface area contributed by atoms with Crippen LogP contribution in [0, 0.1) is 27.4 Å². The van der Waals surface area contributed by atoms with Crippen molar-refractivity contribution in [3.8, 4) is 6.07 Å². The molecule has 0 bridgehead atoms. The second-order valence-corrected chi connectivity index (χ2v) is 7.15. The fourth-order valence-corrected chi connectivity index (χ4v) is 3.58. The molecule has 1 aromatic rings. The van der Waals surface area contributed by atoms with Gasteiger partial charge in [-0.05, 0) is 37.8 Å². The fourth-order valence-electron chi connectivity index (χ4n) is 2.00. The molecule has 9 heteroatoms. The van der Waals surface area contributed by atoms with Gasteiger partial charge in [0.15, 0.2) is 0 Å². The van der Waals surface area contributed by atoms with E-state index >= 15 is 0 Å². The molecule has 0 aliphatic heterocycles. The number of halogens is 1. The lowest BCUT2D eigenvalue weighted by Crippen LogP contribution is -2.46. The molecule has 112 valence electrons. The number of nitriles is 1. The van der Waals surface area contributed by atoms with E-state index in [4.69, 9.17) is 11.6 Å². The van der Waals surface area contributed by atoms with Crippen molar-refractivity contribution < 1.29 is 13.3 Å². The quantitative estimate of drug-likeness (QED) is 0.657. The lowest BCUT2D eigenvalue weighted by Gasteiger charge is -2.22. The largest absolute Gasteiger partial charge is 0.289 e. The summed E-state index contributed by atoms with van der Waals surface area (Å²) < 4.78 is 26.9. The third-order valence-corrected chi connectivity index (χ3v) is 5.28. The highest BCUT2D eigenvalue weighted by atomic mass is 35.5. The van der Waals surface area contributed by atoms with Crippen molar-refractivity contribution in [1.82, 2.24) is 4.72 Å². The van der Waals surface area contributed by atoms with Crippen LogP contribution in [0.4, 0.5) is 5.69 Å². The van der Waals surface area contributed by atoms with E-state index in [0.717, 1.165) is 25.0 Å². The molecular weight excluding hydrogens is 318 g/mol. The van der Waals surface area contributed by atoms with Gasteiger partial charge in [0, 0.05) is 6.07 Å². The number of nitrogens with zero attached hydrogens (tertiary/aromatic N) is 2. The average molecular weight is 330 g/mol. The third kappa shape index (κ3) is 3.15. The Balaban J connectivity index is 2.38. The molecule has 1 saturated carbocycles. The highest BCUT2D eigenvalue weighted by Crippen LogP contribution is 2.40. The maximum atomic E-state index is 12.3. The Hall–Kier alpha value is -1.69. The van der Waals surface area contributed by atoms with Gasteiger partial charge in [-0.2, -0.15) is 9.98 Å². The molecule has 0 amide bonds. The van der Waals surface area contributed by atoms with Crippen molar-refractivity contribution in [2.24, 2.45) is 5.92 Å². The minimum Gasteiger partial charge on any atom is -0.258 e. The molecule has 2 rings (SSSR count). The third-order valence-electron chi connectivity index (χ3n) is 3.40. The number of rotatable bonds is 5. The van der Waals surface area contributed by atoms with E-state index in [-0.39, 0.29) is 15.8 Å². The zero-order chi connectivity index (χ0) is 15.8. The first-order valence-corrected chi connectivity index (χ1v) is 7.95. The molecule has 0 radical (unpaired) electrons. The number of hydrogen-bond acceptors (Lipinski definition) is 5. The summed E-state index contributed by atoms with van der Waals surface area (Å²) in [6, 6.07) is 5.17. The number of hydrogen-bond donors (Lipinski definition) is 1. The predicted molar refractivity (Wildman–Crippen MR) is 75.2 cm³/mol. The van der Waals surface area contributed by atoms with E-state index in [2.05, 4.69) is 4.72 Å². The highest BCUT2D eigenvalue weighted by Gasteiger charge is 2.45. The number of nitro groups is 1. The van der Waals surface area contributed by atoms with Gasteiger partial charge in [-0.3, -0.25) is 10.1 Å². The molecule has 1 N–H and O–H groups in total. The molecule has 0 spiro atoms. The van der Waals surface area contributed by atoms with E-state index in [9.17, 15) is 23.8 Å². The summed E-state index contributed by atoms with van der Waals surface area (Å²) in [5, 5.41) is 19.9. The Bertz CT molecular complexity index is 739. The Kier molecular flexibility index (Phi) is 3.93. The molecule has 21 heavy (non-hydrogen) atoms. The second-order valence-electron chi connectivity index (χ2n) is 5.06. The molecule has 1 atom stereocenters. The summed E-state index contributed by atoms with van der Waals surface area (Å²) in [5.74, 6) is -0.0421. The highest BCUT2D eigenvalue weighted by molar-refractivity contribution is 7.89. The first-order chi connectivity index (χ1) is 9.69. The topological polar surface area (TPSA) is 113 Å². The van der Waals surface area contributed by atoms with Gasteiger partial charge in [-0.15, -0.1) is 0 Å². The maximum Gasteiger partial charge on any atom is 0.289 e. The van der Waals surface area contributed by atoms with E-state index in [1.54, 1.807) is 0 Å². The van der Waals surface area contributed by atoms with E-state index < -0.39 is 26.2 Å². The summed E-state index contributed by atoms with van der Waals surface area (Å²) in [6.07, 6.45) is 1.54. The van der Waals surface area contributed by atoms with Gasteiger partial charge in [-0.1, -0.05) is 11.6 Å². The minimum absolute atomic E-state index is 0.0421. The standard InChI is InChI=1S/C12H12ClN3O4S/c1-12(7-14,8-2-3-8)15-21(19,20)9-4-5-10(13)11(6-9)16(17)18/h4-6,8,15H,2-3H2,1H3/t12-/m0/s1. The molecule has 1 aromatic carbocycles. The maximum absolute atomic E-state index is 12.3. The van der Waals surface area contributed by atoms with Crippen molar-refractivity contribution in [3.63, 3.8) is 0 Å². The SMILES string of the molecule is C[C@@](C#N)(NS(=O)(=O)c1ccc(Cl)c([N+](=O)[O-])c1)C1CC1. The molecular formula is C12H12ClN3O4S. The van der Waals surface area contributed by atoms with E-state index in [1.165, 1.54) is 13.0 Å². The molecule has 0 heterocycles. The minimum atomic E-state index is -4.04. The summed E-state index contributed by atoms with van der Waals surface area (Å²) in [5.41, 5.74) is -1.71. The van der Waals surface area contributed by atoms with Crippen LogP contribution in [0.3, 0.4) is 0 Å². The molecule has 0 aromatic heterocycles. The summed E-state index contributed by atoms with van der Waals surface area (Å²) >= 11 is 5.65. The van der Waals surface area contributed by atoms with Crippen molar-refractivity contribution in [3.05, 3.63) is 33.3 Å². The Labute approximate surface area is 126 Å². The summed E-state index contributed by atoms with van der Waals surface area (Å²) in [4.78, 5) is 9.76. The monoisotopic (exact) mass is 329 g/mol. The van der Waals surface area contributed by atoms with Gasteiger partial charge in [0.25, 0.3) is 5.69 Å². The molecule has 0 saturated heterocycles. The number of nitrogens with one attached hydrogen (secondary N) is 1. The van der Waals surface area contributed by atoms with Gasteiger partial charge in [0.2, 0.25) is 10.0 Å². The predicted octanol–water partition coefficient (Wildman–Crippen LogP) is 2.22. The molecule has 7 nitrogen and oxygen atoms in total. The van der Waals surface area contributed by atoms with Gasteiger partial charge in [0.1, 0.15) is 10.6 Å². The van der Waals surface area contributed by atoms with Crippen LogP contribution in [-0.4, -0.2) is 18.9 Å². The first-order valence-electron chi connectivity index (χ1n) is 6.09. The molecule has 0 unspecified atom stereocenters. The van der Waals surface area contributed by atoms with Crippen LogP contribution in [-0.2, 0) is 10.0 Å². The van der Waals surface area contributed by atoms with Gasteiger partial charge >= 0.3 is 0 Å². The molecule has 1 aliphatic carbocycles. The lowest BCUT2D eigenvalue weighted by molar-refractivity contribution is -0.384. The van der Waals surface area contributed by atoms with Gasteiger partial charge in [0.05, 0.1) is 15.9 Å². The van der Waals surface area contributed by atoms with Crippen LogP contribution < -0.4 is 4.72 Å². The van der Waals surface area contributed by atoms with Crippen LogP contribution in [0.5, 0.6) is 0 Å². The summed E-state index contributed by atoms with van der Waals surface area (Å²) in [6.45, 7) is 1.51. The smallest absolute Gasteiger partial charge is 0.258 e. The molecule has 1 aliphatic rings. The normalized spacial score (nSPS) is 17.8. The zero-order valence-corrected chi connectivity index (χ0v) is 12.6. The Morgan fingerprint density at radius 3 is 2.62 bits per heavy atom. The zero-order valence-electron chi connectivity index (χ0n) is 11.0. The Morgan fingerprint density at radius 2 is 2.14 bits per heavy atom. The fraction of sp³-hybridized carbons (Fsp3) is 0.417. The first kappa shape index (κ1) is 15.7. The van der Waals surface area contributed by atoms with Crippen molar-refractivity contribution in [1.29, 1.82) is 5.26 Å².